The van der Waals surface area contributed by atoms with Gasteiger partial charge >= 0.3 is 0 Å². The van der Waals surface area contributed by atoms with Crippen LogP contribution in [-0.2, 0) is 0 Å². The molecule has 1 aromatic heterocycles. The standard InChI is InChI=1S/C26H25ClN2O3/c1-17(2)14-18-15-23(31)25-26(32)22(30)12-13-28(25)29(16-18)24(19-8-4-3-5-9-19)20-10-6-7-11-21(20)27/h3-14,17,24,32H,15-16H2,1-2H3/b18-14-. The molecule has 2 aromatic carbocycles. The number of benzene rings is 2. The summed E-state index contributed by atoms with van der Waals surface area (Å²) < 4.78 is 1.61. The Labute approximate surface area is 192 Å². The van der Waals surface area contributed by atoms with Gasteiger partial charge in [-0.3, -0.25) is 19.3 Å². The Hall–Kier alpha value is -3.31. The number of allylic oxidation sites excluding steroid dienone is 1. The molecule has 6 heteroatoms. The summed E-state index contributed by atoms with van der Waals surface area (Å²) in [6.07, 6.45) is 3.76. The largest absolute Gasteiger partial charge is 0.503 e. The van der Waals surface area contributed by atoms with E-state index in [4.69, 9.17) is 11.6 Å². The number of Topliss-reactive ketones (excluding diaryl/α,β-unsaturated/α-hetero) is 1. The van der Waals surface area contributed by atoms with Crippen molar-refractivity contribution in [2.75, 3.05) is 11.6 Å². The lowest BCUT2D eigenvalue weighted by atomic mass is 9.97. The molecule has 1 unspecified atom stereocenters. The van der Waals surface area contributed by atoms with Crippen LogP contribution in [0.25, 0.3) is 0 Å². The van der Waals surface area contributed by atoms with Gasteiger partial charge in [0.15, 0.2) is 17.2 Å². The monoisotopic (exact) mass is 448 g/mol. The van der Waals surface area contributed by atoms with Crippen LogP contribution >= 0.6 is 11.6 Å². The molecule has 0 amide bonds. The van der Waals surface area contributed by atoms with Crippen LogP contribution in [0.15, 0.2) is 83.3 Å². The van der Waals surface area contributed by atoms with Gasteiger partial charge in [0, 0.05) is 23.7 Å². The van der Waals surface area contributed by atoms with Crippen LogP contribution in [0.2, 0.25) is 5.02 Å². The molecule has 4 rings (SSSR count). The molecule has 1 aliphatic rings. The maximum absolute atomic E-state index is 13.2. The van der Waals surface area contributed by atoms with Crippen LogP contribution in [0, 0.1) is 5.92 Å². The second kappa shape index (κ2) is 9.05. The first-order chi connectivity index (χ1) is 15.4. The number of hydrogen-bond donors (Lipinski definition) is 1. The fourth-order valence-electron chi connectivity index (χ4n) is 4.26. The highest BCUT2D eigenvalue weighted by atomic mass is 35.5. The third kappa shape index (κ3) is 4.21. The number of aromatic nitrogens is 1. The molecule has 3 aromatic rings. The predicted octanol–water partition coefficient (Wildman–Crippen LogP) is 5.10. The highest BCUT2D eigenvalue weighted by Crippen LogP contribution is 2.35. The number of aromatic hydroxyl groups is 1. The van der Waals surface area contributed by atoms with Gasteiger partial charge < -0.3 is 5.11 Å². The van der Waals surface area contributed by atoms with Gasteiger partial charge in [-0.15, -0.1) is 0 Å². The summed E-state index contributed by atoms with van der Waals surface area (Å²) >= 11 is 6.65. The summed E-state index contributed by atoms with van der Waals surface area (Å²) in [6.45, 7) is 4.55. The fourth-order valence-corrected chi connectivity index (χ4v) is 4.50. The third-order valence-electron chi connectivity index (χ3n) is 5.53. The summed E-state index contributed by atoms with van der Waals surface area (Å²) in [6, 6.07) is 18.4. The molecular weight excluding hydrogens is 424 g/mol. The maximum Gasteiger partial charge on any atom is 0.224 e. The zero-order valence-corrected chi connectivity index (χ0v) is 18.8. The minimum atomic E-state index is -0.574. The minimum absolute atomic E-state index is 0.00218. The first-order valence-corrected chi connectivity index (χ1v) is 11.0. The number of fused-ring (bicyclic) bond motifs is 1. The molecule has 2 heterocycles. The molecule has 1 atom stereocenters. The van der Waals surface area contributed by atoms with E-state index >= 15 is 0 Å². The van der Waals surface area contributed by atoms with E-state index in [1.54, 1.807) is 10.9 Å². The van der Waals surface area contributed by atoms with Crippen molar-refractivity contribution in [1.29, 1.82) is 0 Å². The van der Waals surface area contributed by atoms with Gasteiger partial charge in [0.05, 0.1) is 12.6 Å². The molecule has 0 fully saturated rings. The normalized spacial score (nSPS) is 16.2. The summed E-state index contributed by atoms with van der Waals surface area (Å²) in [5.41, 5.74) is 2.19. The molecule has 32 heavy (non-hydrogen) atoms. The summed E-state index contributed by atoms with van der Waals surface area (Å²) in [7, 11) is 0. The Morgan fingerprint density at radius 2 is 1.69 bits per heavy atom. The Balaban J connectivity index is 2.01. The van der Waals surface area contributed by atoms with Gasteiger partial charge in [-0.05, 0) is 28.7 Å². The van der Waals surface area contributed by atoms with Gasteiger partial charge in [0.25, 0.3) is 0 Å². The van der Waals surface area contributed by atoms with Crippen LogP contribution in [0.3, 0.4) is 0 Å². The number of nitrogens with zero attached hydrogens (tertiary/aromatic N) is 2. The Bertz CT molecular complexity index is 1230. The molecule has 1 aliphatic heterocycles. The number of halogens is 1. The van der Waals surface area contributed by atoms with E-state index in [2.05, 4.69) is 19.9 Å². The van der Waals surface area contributed by atoms with Crippen molar-refractivity contribution in [3.05, 3.63) is 111 Å². The van der Waals surface area contributed by atoms with Crippen molar-refractivity contribution in [3.8, 4) is 5.75 Å². The quantitative estimate of drug-likeness (QED) is 0.564. The predicted molar refractivity (Wildman–Crippen MR) is 127 cm³/mol. The average molecular weight is 449 g/mol. The lowest BCUT2D eigenvalue weighted by Gasteiger charge is -2.36. The molecular formula is C26H25ClN2O3. The minimum Gasteiger partial charge on any atom is -0.503 e. The fraction of sp³-hybridized carbons (Fsp3) is 0.231. The number of carbonyl (C=O) groups excluding carboxylic acids is 1. The van der Waals surface area contributed by atoms with Gasteiger partial charge in [-0.1, -0.05) is 80.1 Å². The molecule has 0 saturated carbocycles. The molecule has 0 saturated heterocycles. The van der Waals surface area contributed by atoms with Crippen LogP contribution in [-0.4, -0.2) is 22.1 Å². The highest BCUT2D eigenvalue weighted by Gasteiger charge is 2.32. The Kier molecular flexibility index (Phi) is 6.19. The number of ketones is 1. The molecule has 0 aliphatic carbocycles. The summed E-state index contributed by atoms with van der Waals surface area (Å²) in [5, 5.41) is 13.2. The zero-order chi connectivity index (χ0) is 22.8. The molecule has 164 valence electrons. The zero-order valence-electron chi connectivity index (χ0n) is 18.0. The van der Waals surface area contributed by atoms with Crippen molar-refractivity contribution < 1.29 is 9.90 Å². The topological polar surface area (TPSA) is 62.5 Å². The van der Waals surface area contributed by atoms with E-state index in [-0.39, 0.29) is 29.9 Å². The lowest BCUT2D eigenvalue weighted by molar-refractivity contribution is 0.0983. The smallest absolute Gasteiger partial charge is 0.224 e. The average Bonchev–Trinajstić information content (AvgIpc) is 2.89. The SMILES string of the molecule is CC(C)/C=C1/CC(=O)c2c(O)c(=O)ccn2N(C(c2ccccc2)c2ccccc2Cl)C1. The van der Waals surface area contributed by atoms with E-state index in [0.717, 1.165) is 16.7 Å². The second-order valence-electron chi connectivity index (χ2n) is 8.32. The Morgan fingerprint density at radius 3 is 2.38 bits per heavy atom. The van der Waals surface area contributed by atoms with Gasteiger partial charge in [0.1, 0.15) is 0 Å². The number of carbonyl (C=O) groups is 1. The van der Waals surface area contributed by atoms with Crippen molar-refractivity contribution in [2.45, 2.75) is 26.3 Å². The van der Waals surface area contributed by atoms with E-state index < -0.39 is 11.2 Å². The van der Waals surface area contributed by atoms with E-state index in [9.17, 15) is 14.7 Å². The molecule has 1 N–H and O–H groups in total. The van der Waals surface area contributed by atoms with E-state index in [0.29, 0.717) is 11.6 Å². The van der Waals surface area contributed by atoms with Crippen LogP contribution in [0.5, 0.6) is 5.75 Å². The van der Waals surface area contributed by atoms with Crippen LogP contribution in [0.1, 0.15) is 47.9 Å². The van der Waals surface area contributed by atoms with Crippen molar-refractivity contribution in [1.82, 2.24) is 4.68 Å². The van der Waals surface area contributed by atoms with E-state index in [1.807, 2.05) is 59.6 Å². The van der Waals surface area contributed by atoms with Crippen LogP contribution in [0.4, 0.5) is 0 Å². The van der Waals surface area contributed by atoms with Gasteiger partial charge in [-0.25, -0.2) is 0 Å². The number of rotatable bonds is 4. The second-order valence-corrected chi connectivity index (χ2v) is 8.73. The number of pyridine rings is 1. The van der Waals surface area contributed by atoms with E-state index in [1.165, 1.54) is 6.07 Å². The number of hydrogen-bond acceptors (Lipinski definition) is 4. The van der Waals surface area contributed by atoms with Crippen molar-refractivity contribution in [3.63, 3.8) is 0 Å². The molecule has 0 radical (unpaired) electrons. The molecule has 0 spiro atoms. The Morgan fingerprint density at radius 1 is 1.00 bits per heavy atom. The first kappa shape index (κ1) is 21.9. The lowest BCUT2D eigenvalue weighted by Crippen LogP contribution is -2.41. The maximum atomic E-state index is 13.2. The summed E-state index contributed by atoms with van der Waals surface area (Å²) in [5.74, 6) is -0.579. The highest BCUT2D eigenvalue weighted by molar-refractivity contribution is 6.31. The molecule has 0 bridgehead atoms. The first-order valence-electron chi connectivity index (χ1n) is 10.6. The molecule has 5 nitrogen and oxygen atoms in total. The summed E-state index contributed by atoms with van der Waals surface area (Å²) in [4.78, 5) is 25.4. The van der Waals surface area contributed by atoms with Crippen molar-refractivity contribution >= 4 is 17.4 Å². The third-order valence-corrected chi connectivity index (χ3v) is 5.87. The van der Waals surface area contributed by atoms with Crippen molar-refractivity contribution in [2.24, 2.45) is 5.92 Å². The van der Waals surface area contributed by atoms with Gasteiger partial charge in [-0.2, -0.15) is 0 Å². The van der Waals surface area contributed by atoms with Crippen LogP contribution < -0.4 is 10.4 Å². The van der Waals surface area contributed by atoms with Gasteiger partial charge in [0.2, 0.25) is 5.43 Å².